The Labute approximate surface area is 120 Å². The molecule has 108 valence electrons. The number of anilines is 1. The number of rotatable bonds is 2. The van der Waals surface area contributed by atoms with Gasteiger partial charge in [-0.05, 0) is 45.1 Å². The van der Waals surface area contributed by atoms with Crippen molar-refractivity contribution in [2.24, 2.45) is 0 Å². The van der Waals surface area contributed by atoms with E-state index in [0.717, 1.165) is 50.7 Å². The highest BCUT2D eigenvalue weighted by molar-refractivity contribution is 5.92. The number of likely N-dealkylation sites (tertiary alicyclic amines) is 1. The molecule has 3 heterocycles. The molecule has 2 fully saturated rings. The van der Waals surface area contributed by atoms with Gasteiger partial charge in [0.2, 0.25) is 5.95 Å². The molecular weight excluding hydrogens is 252 g/mol. The second-order valence-electron chi connectivity index (χ2n) is 5.74. The zero-order valence-electron chi connectivity index (χ0n) is 12.1. The molecule has 5 heteroatoms. The molecule has 20 heavy (non-hydrogen) atoms. The van der Waals surface area contributed by atoms with Crippen LogP contribution < -0.4 is 4.90 Å². The third kappa shape index (κ3) is 2.76. The Balaban J connectivity index is 1.83. The van der Waals surface area contributed by atoms with Gasteiger partial charge in [-0.2, -0.15) is 0 Å². The van der Waals surface area contributed by atoms with Crippen molar-refractivity contribution < 1.29 is 4.79 Å². The van der Waals surface area contributed by atoms with Crippen molar-refractivity contribution in [2.45, 2.75) is 39.0 Å². The molecule has 3 rings (SSSR count). The molecule has 2 aliphatic rings. The van der Waals surface area contributed by atoms with E-state index in [2.05, 4.69) is 14.9 Å². The second-order valence-corrected chi connectivity index (χ2v) is 5.74. The zero-order chi connectivity index (χ0) is 13.9. The van der Waals surface area contributed by atoms with Gasteiger partial charge < -0.3 is 9.80 Å². The molecule has 1 amide bonds. The topological polar surface area (TPSA) is 49.3 Å². The summed E-state index contributed by atoms with van der Waals surface area (Å²) in [6, 6.07) is 1.81. The normalized spacial score (nSPS) is 19.4. The van der Waals surface area contributed by atoms with Crippen molar-refractivity contribution in [3.05, 3.63) is 17.5 Å². The molecule has 0 saturated carbocycles. The summed E-state index contributed by atoms with van der Waals surface area (Å²) in [5, 5.41) is 0. The van der Waals surface area contributed by atoms with E-state index in [1.165, 1.54) is 19.3 Å². The fourth-order valence-corrected chi connectivity index (χ4v) is 2.98. The first-order valence-electron chi connectivity index (χ1n) is 7.64. The highest BCUT2D eigenvalue weighted by Crippen LogP contribution is 2.18. The van der Waals surface area contributed by atoms with Crippen molar-refractivity contribution >= 4 is 11.9 Å². The number of hydrogen-bond donors (Lipinski definition) is 0. The van der Waals surface area contributed by atoms with E-state index in [1.54, 1.807) is 0 Å². The molecule has 1 aromatic rings. The fraction of sp³-hybridized carbons (Fsp3) is 0.667. The maximum absolute atomic E-state index is 12.5. The predicted octanol–water partition coefficient (Wildman–Crippen LogP) is 2.01. The third-order valence-corrected chi connectivity index (χ3v) is 4.09. The quantitative estimate of drug-likeness (QED) is 0.828. The van der Waals surface area contributed by atoms with Gasteiger partial charge in [-0.1, -0.05) is 0 Å². The summed E-state index contributed by atoms with van der Waals surface area (Å²) in [4.78, 5) is 25.6. The lowest BCUT2D eigenvalue weighted by molar-refractivity contribution is 0.0787. The molecule has 0 unspecified atom stereocenters. The lowest BCUT2D eigenvalue weighted by Crippen LogP contribution is -2.33. The van der Waals surface area contributed by atoms with Crippen LogP contribution in [0.15, 0.2) is 6.07 Å². The minimum atomic E-state index is 0.0614. The first-order valence-corrected chi connectivity index (χ1v) is 7.64. The van der Waals surface area contributed by atoms with E-state index >= 15 is 0 Å². The Morgan fingerprint density at radius 1 is 1.00 bits per heavy atom. The van der Waals surface area contributed by atoms with Crippen molar-refractivity contribution in [2.75, 3.05) is 31.1 Å². The zero-order valence-corrected chi connectivity index (χ0v) is 12.1. The van der Waals surface area contributed by atoms with Crippen LogP contribution in [0.1, 0.15) is 48.3 Å². The van der Waals surface area contributed by atoms with Crippen LogP contribution in [0.25, 0.3) is 0 Å². The molecule has 2 aliphatic heterocycles. The van der Waals surface area contributed by atoms with Gasteiger partial charge in [0, 0.05) is 31.9 Å². The second kappa shape index (κ2) is 5.77. The summed E-state index contributed by atoms with van der Waals surface area (Å²) in [5.41, 5.74) is 1.43. The summed E-state index contributed by atoms with van der Waals surface area (Å²) >= 11 is 0. The molecule has 0 atom stereocenters. The van der Waals surface area contributed by atoms with Gasteiger partial charge in [-0.15, -0.1) is 0 Å². The van der Waals surface area contributed by atoms with Crippen LogP contribution in [-0.2, 0) is 0 Å². The van der Waals surface area contributed by atoms with Gasteiger partial charge in [0.1, 0.15) is 5.69 Å². The first kappa shape index (κ1) is 13.3. The van der Waals surface area contributed by atoms with Crippen LogP contribution in [0.2, 0.25) is 0 Å². The van der Waals surface area contributed by atoms with Crippen molar-refractivity contribution in [3.63, 3.8) is 0 Å². The summed E-state index contributed by atoms with van der Waals surface area (Å²) in [5.74, 6) is 0.790. The Bertz CT molecular complexity index is 491. The molecule has 0 N–H and O–H groups in total. The SMILES string of the molecule is Cc1cc(C(=O)N2CCCC2)nc(N2CCCCC2)n1. The number of amides is 1. The Morgan fingerprint density at radius 2 is 1.65 bits per heavy atom. The van der Waals surface area contributed by atoms with E-state index in [0.29, 0.717) is 5.69 Å². The number of aryl methyl sites for hydroxylation is 1. The maximum atomic E-state index is 12.5. The first-order chi connectivity index (χ1) is 9.74. The third-order valence-electron chi connectivity index (χ3n) is 4.09. The smallest absolute Gasteiger partial charge is 0.272 e. The van der Waals surface area contributed by atoms with Gasteiger partial charge in [0.25, 0.3) is 5.91 Å². The number of carbonyl (C=O) groups is 1. The lowest BCUT2D eigenvalue weighted by atomic mass is 10.1. The molecule has 2 saturated heterocycles. The standard InChI is InChI=1S/C15H22N4O/c1-12-11-13(14(20)18-7-5-6-8-18)17-15(16-12)19-9-3-2-4-10-19/h11H,2-10H2,1H3. The monoisotopic (exact) mass is 274 g/mol. The van der Waals surface area contributed by atoms with Gasteiger partial charge in [-0.3, -0.25) is 4.79 Å². The van der Waals surface area contributed by atoms with E-state index in [4.69, 9.17) is 0 Å². The molecule has 0 aromatic carbocycles. The van der Waals surface area contributed by atoms with E-state index in [1.807, 2.05) is 17.9 Å². The van der Waals surface area contributed by atoms with Gasteiger partial charge >= 0.3 is 0 Å². The molecule has 5 nitrogen and oxygen atoms in total. The fourth-order valence-electron chi connectivity index (χ4n) is 2.98. The average molecular weight is 274 g/mol. The summed E-state index contributed by atoms with van der Waals surface area (Å²) in [7, 11) is 0. The van der Waals surface area contributed by atoms with Gasteiger partial charge in [0.05, 0.1) is 0 Å². The maximum Gasteiger partial charge on any atom is 0.272 e. The molecule has 0 aliphatic carbocycles. The van der Waals surface area contributed by atoms with Crippen molar-refractivity contribution in [1.29, 1.82) is 0 Å². The highest BCUT2D eigenvalue weighted by Gasteiger charge is 2.23. The number of nitrogens with zero attached hydrogens (tertiary/aromatic N) is 4. The van der Waals surface area contributed by atoms with E-state index in [-0.39, 0.29) is 5.91 Å². The molecule has 0 spiro atoms. The summed E-state index contributed by atoms with van der Waals surface area (Å²) < 4.78 is 0. The molecule has 1 aromatic heterocycles. The van der Waals surface area contributed by atoms with Gasteiger partial charge in [0.15, 0.2) is 0 Å². The van der Waals surface area contributed by atoms with Crippen LogP contribution in [0, 0.1) is 6.92 Å². The molecule has 0 bridgehead atoms. The van der Waals surface area contributed by atoms with E-state index < -0.39 is 0 Å². The minimum absolute atomic E-state index is 0.0614. The lowest BCUT2D eigenvalue weighted by Gasteiger charge is -2.27. The Morgan fingerprint density at radius 3 is 2.35 bits per heavy atom. The average Bonchev–Trinajstić information content (AvgIpc) is 3.01. The predicted molar refractivity (Wildman–Crippen MR) is 78.0 cm³/mol. The summed E-state index contributed by atoms with van der Waals surface area (Å²) in [6.45, 7) is 5.67. The van der Waals surface area contributed by atoms with Crippen molar-refractivity contribution in [1.82, 2.24) is 14.9 Å². The molecule has 0 radical (unpaired) electrons. The number of aromatic nitrogens is 2. The van der Waals surface area contributed by atoms with Crippen molar-refractivity contribution in [3.8, 4) is 0 Å². The Kier molecular flexibility index (Phi) is 3.85. The number of carbonyl (C=O) groups excluding carboxylic acids is 1. The van der Waals surface area contributed by atoms with Crippen LogP contribution in [0.5, 0.6) is 0 Å². The van der Waals surface area contributed by atoms with Gasteiger partial charge in [-0.25, -0.2) is 9.97 Å². The number of piperidine rings is 1. The van der Waals surface area contributed by atoms with Crippen LogP contribution in [0.3, 0.4) is 0 Å². The van der Waals surface area contributed by atoms with Crippen LogP contribution in [-0.4, -0.2) is 47.0 Å². The van der Waals surface area contributed by atoms with Crippen LogP contribution >= 0.6 is 0 Å². The van der Waals surface area contributed by atoms with E-state index in [9.17, 15) is 4.79 Å². The highest BCUT2D eigenvalue weighted by atomic mass is 16.2. The Hall–Kier alpha value is -1.65. The molecular formula is C15H22N4O. The summed E-state index contributed by atoms with van der Waals surface area (Å²) in [6.07, 6.45) is 5.87. The minimum Gasteiger partial charge on any atom is -0.341 e. The largest absolute Gasteiger partial charge is 0.341 e. The number of hydrogen-bond acceptors (Lipinski definition) is 4. The van der Waals surface area contributed by atoms with Crippen LogP contribution in [0.4, 0.5) is 5.95 Å².